The van der Waals surface area contributed by atoms with E-state index in [0.29, 0.717) is 5.82 Å². The number of aromatic nitrogens is 2. The Labute approximate surface area is 140 Å². The first-order valence-corrected chi connectivity index (χ1v) is 7.56. The van der Waals surface area contributed by atoms with Crippen LogP contribution in [0.4, 0.5) is 4.79 Å². The second-order valence-corrected chi connectivity index (χ2v) is 6.30. The predicted molar refractivity (Wildman–Crippen MR) is 88.1 cm³/mol. The van der Waals surface area contributed by atoms with Crippen LogP contribution in [0.2, 0.25) is 0 Å². The largest absolute Gasteiger partial charge is 0.480 e. The van der Waals surface area contributed by atoms with Crippen molar-refractivity contribution in [2.45, 2.75) is 38.8 Å². The van der Waals surface area contributed by atoms with Gasteiger partial charge in [0, 0.05) is 24.5 Å². The van der Waals surface area contributed by atoms with Crippen molar-refractivity contribution in [2.75, 3.05) is 0 Å². The molecule has 7 heteroatoms. The lowest BCUT2D eigenvalue weighted by Gasteiger charge is -2.22. The summed E-state index contributed by atoms with van der Waals surface area (Å²) in [5.74, 6) is -0.450. The second-order valence-electron chi connectivity index (χ2n) is 6.30. The summed E-state index contributed by atoms with van der Waals surface area (Å²) in [4.78, 5) is 27.6. The average molecular weight is 331 g/mol. The maximum Gasteiger partial charge on any atom is 0.408 e. The molecular formula is C17H21N3O4. The van der Waals surface area contributed by atoms with E-state index in [9.17, 15) is 14.7 Å². The molecule has 128 valence electrons. The van der Waals surface area contributed by atoms with E-state index >= 15 is 0 Å². The van der Waals surface area contributed by atoms with Gasteiger partial charge in [0.2, 0.25) is 0 Å². The van der Waals surface area contributed by atoms with Gasteiger partial charge in [0.05, 0.1) is 0 Å². The fourth-order valence-corrected chi connectivity index (χ4v) is 2.16. The molecule has 0 aromatic carbocycles. The normalized spacial score (nSPS) is 12.5. The summed E-state index contributed by atoms with van der Waals surface area (Å²) < 4.78 is 6.90. The van der Waals surface area contributed by atoms with Crippen LogP contribution in [0.3, 0.4) is 0 Å². The van der Waals surface area contributed by atoms with Crippen molar-refractivity contribution in [3.05, 3.63) is 48.4 Å². The number of carboxylic acid groups (broad SMARTS) is 1. The number of hydrogen-bond acceptors (Lipinski definition) is 4. The number of hydrogen-bond donors (Lipinski definition) is 2. The Morgan fingerprint density at radius 1 is 1.29 bits per heavy atom. The van der Waals surface area contributed by atoms with Crippen molar-refractivity contribution in [1.29, 1.82) is 0 Å². The molecule has 0 bridgehead atoms. The fourth-order valence-electron chi connectivity index (χ4n) is 2.16. The number of carbonyl (C=O) groups excluding carboxylic acids is 1. The highest BCUT2D eigenvalue weighted by molar-refractivity contribution is 5.80. The van der Waals surface area contributed by atoms with Crippen molar-refractivity contribution < 1.29 is 19.4 Å². The number of ether oxygens (including phenoxy) is 1. The van der Waals surface area contributed by atoms with Crippen molar-refractivity contribution in [1.82, 2.24) is 14.9 Å². The van der Waals surface area contributed by atoms with E-state index in [1.54, 1.807) is 55.9 Å². The van der Waals surface area contributed by atoms with E-state index < -0.39 is 23.7 Å². The third-order valence-corrected chi connectivity index (χ3v) is 3.13. The average Bonchev–Trinajstić information content (AvgIpc) is 2.93. The zero-order chi connectivity index (χ0) is 17.7. The Bertz CT molecular complexity index is 704. The molecule has 2 N–H and O–H groups in total. The van der Waals surface area contributed by atoms with Crippen LogP contribution in [0.5, 0.6) is 0 Å². The smallest absolute Gasteiger partial charge is 0.408 e. The van der Waals surface area contributed by atoms with Crippen LogP contribution < -0.4 is 5.32 Å². The zero-order valence-electron chi connectivity index (χ0n) is 13.9. The van der Waals surface area contributed by atoms with Crippen LogP contribution in [0, 0.1) is 0 Å². The minimum Gasteiger partial charge on any atom is -0.480 e. The highest BCUT2D eigenvalue weighted by Crippen LogP contribution is 2.13. The first-order chi connectivity index (χ1) is 11.3. The van der Waals surface area contributed by atoms with E-state index in [-0.39, 0.29) is 6.42 Å². The van der Waals surface area contributed by atoms with Gasteiger partial charge in [0.1, 0.15) is 17.5 Å². The summed E-state index contributed by atoms with van der Waals surface area (Å²) >= 11 is 0. The molecule has 0 saturated heterocycles. The van der Waals surface area contributed by atoms with Crippen molar-refractivity contribution in [3.8, 4) is 5.82 Å². The van der Waals surface area contributed by atoms with Crippen LogP contribution in [-0.4, -0.2) is 38.4 Å². The number of amides is 1. The first-order valence-electron chi connectivity index (χ1n) is 7.56. The zero-order valence-corrected chi connectivity index (χ0v) is 13.9. The molecule has 0 fully saturated rings. The van der Waals surface area contributed by atoms with E-state index in [1.165, 1.54) is 0 Å². The molecule has 2 aromatic heterocycles. The molecule has 0 aliphatic heterocycles. The Morgan fingerprint density at radius 3 is 2.62 bits per heavy atom. The summed E-state index contributed by atoms with van der Waals surface area (Å²) in [5, 5.41) is 11.8. The maximum atomic E-state index is 11.8. The third-order valence-electron chi connectivity index (χ3n) is 3.13. The molecule has 0 spiro atoms. The Morgan fingerprint density at radius 2 is 2.04 bits per heavy atom. The number of nitrogens with one attached hydrogen (secondary N) is 1. The van der Waals surface area contributed by atoms with Crippen molar-refractivity contribution >= 4 is 12.1 Å². The highest BCUT2D eigenvalue weighted by Gasteiger charge is 2.25. The third kappa shape index (κ3) is 4.84. The minimum absolute atomic E-state index is 0.109. The predicted octanol–water partition coefficient (Wildman–Crippen LogP) is 2.39. The summed E-state index contributed by atoms with van der Waals surface area (Å²) in [6.45, 7) is 5.15. The van der Waals surface area contributed by atoms with Crippen LogP contribution >= 0.6 is 0 Å². The van der Waals surface area contributed by atoms with E-state index in [0.717, 1.165) is 5.69 Å². The number of aliphatic carboxylic acids is 1. The molecular weight excluding hydrogens is 310 g/mol. The first kappa shape index (κ1) is 17.5. The maximum absolute atomic E-state index is 11.8. The van der Waals surface area contributed by atoms with Gasteiger partial charge in [0.25, 0.3) is 0 Å². The number of carbonyl (C=O) groups is 2. The van der Waals surface area contributed by atoms with Crippen LogP contribution in [0.25, 0.3) is 5.82 Å². The lowest BCUT2D eigenvalue weighted by Crippen LogP contribution is -2.44. The topological polar surface area (TPSA) is 93.5 Å². The molecule has 0 radical (unpaired) electrons. The van der Waals surface area contributed by atoms with Gasteiger partial charge in [-0.2, -0.15) is 0 Å². The molecule has 7 nitrogen and oxygen atoms in total. The van der Waals surface area contributed by atoms with Gasteiger partial charge >= 0.3 is 12.1 Å². The minimum atomic E-state index is -1.13. The molecule has 0 saturated carbocycles. The summed E-state index contributed by atoms with van der Waals surface area (Å²) in [7, 11) is 0. The van der Waals surface area contributed by atoms with Gasteiger partial charge in [-0.05, 0) is 45.0 Å². The van der Waals surface area contributed by atoms with Gasteiger partial charge in [-0.3, -0.25) is 0 Å². The number of pyridine rings is 1. The lowest BCUT2D eigenvalue weighted by molar-refractivity contribution is -0.139. The fraction of sp³-hybridized carbons (Fsp3) is 0.353. The Hall–Kier alpha value is -2.83. The van der Waals surface area contributed by atoms with Gasteiger partial charge in [-0.15, -0.1) is 0 Å². The van der Waals surface area contributed by atoms with Crippen LogP contribution in [-0.2, 0) is 16.0 Å². The molecule has 1 amide bonds. The monoisotopic (exact) mass is 331 g/mol. The van der Waals surface area contributed by atoms with E-state index in [4.69, 9.17) is 4.74 Å². The van der Waals surface area contributed by atoms with E-state index in [2.05, 4.69) is 10.3 Å². The lowest BCUT2D eigenvalue weighted by atomic mass is 10.1. The molecule has 0 aliphatic rings. The van der Waals surface area contributed by atoms with Crippen LogP contribution in [0.15, 0.2) is 42.7 Å². The van der Waals surface area contributed by atoms with Crippen molar-refractivity contribution in [2.24, 2.45) is 0 Å². The number of nitrogens with zero attached hydrogens (tertiary/aromatic N) is 2. The summed E-state index contributed by atoms with van der Waals surface area (Å²) in [5.41, 5.74) is 0.0264. The molecule has 2 aromatic rings. The molecule has 24 heavy (non-hydrogen) atoms. The second kappa shape index (κ2) is 7.16. The standard InChI is InChI=1S/C17H21N3O4/c1-17(2,3)24-16(23)19-13(15(21)22)11-12-7-6-10-20(12)14-8-4-5-9-18-14/h4-10,13H,11H2,1-3H3,(H,19,23)(H,21,22). The number of rotatable bonds is 5. The number of alkyl carbamates (subject to hydrolysis) is 1. The number of carboxylic acids is 1. The van der Waals surface area contributed by atoms with Gasteiger partial charge in [0.15, 0.2) is 0 Å². The summed E-state index contributed by atoms with van der Waals surface area (Å²) in [6.07, 6.45) is 2.81. The molecule has 1 atom stereocenters. The Kier molecular flexibility index (Phi) is 5.23. The Balaban J connectivity index is 2.14. The van der Waals surface area contributed by atoms with Gasteiger partial charge < -0.3 is 19.7 Å². The van der Waals surface area contributed by atoms with E-state index in [1.807, 2.05) is 12.1 Å². The quantitative estimate of drug-likeness (QED) is 0.877. The molecule has 2 rings (SSSR count). The molecule has 1 unspecified atom stereocenters. The highest BCUT2D eigenvalue weighted by atomic mass is 16.6. The van der Waals surface area contributed by atoms with Crippen molar-refractivity contribution in [3.63, 3.8) is 0 Å². The SMILES string of the molecule is CC(C)(C)OC(=O)NC(Cc1cccn1-c1ccccn1)C(=O)O. The molecule has 2 heterocycles. The summed E-state index contributed by atoms with van der Waals surface area (Å²) in [6, 6.07) is 7.96. The van der Waals surface area contributed by atoms with Gasteiger partial charge in [-0.1, -0.05) is 6.07 Å². The van der Waals surface area contributed by atoms with Gasteiger partial charge in [-0.25, -0.2) is 14.6 Å². The molecule has 0 aliphatic carbocycles. The van der Waals surface area contributed by atoms with Crippen LogP contribution in [0.1, 0.15) is 26.5 Å².